The fourth-order valence-electron chi connectivity index (χ4n) is 3.32. The van der Waals surface area contributed by atoms with E-state index in [1.54, 1.807) is 49.6 Å². The molecular formula is C24H28N2O6. The van der Waals surface area contributed by atoms with Crippen molar-refractivity contribution in [2.45, 2.75) is 13.3 Å². The average molecular weight is 440 g/mol. The highest BCUT2D eigenvalue weighted by Gasteiger charge is 2.39. The Bertz CT molecular complexity index is 1000. The highest BCUT2D eigenvalue weighted by atomic mass is 16.5. The van der Waals surface area contributed by atoms with E-state index in [0.717, 1.165) is 6.42 Å². The third-order valence-electron chi connectivity index (χ3n) is 4.97. The monoisotopic (exact) mass is 440 g/mol. The second kappa shape index (κ2) is 10.7. The van der Waals surface area contributed by atoms with Crippen LogP contribution >= 0.6 is 0 Å². The van der Waals surface area contributed by atoms with E-state index in [0.29, 0.717) is 35.1 Å². The summed E-state index contributed by atoms with van der Waals surface area (Å²) in [6, 6.07) is 12.3. The lowest BCUT2D eigenvalue weighted by Crippen LogP contribution is -2.35. The fraction of sp³-hybridized carbons (Fsp3) is 0.333. The summed E-state index contributed by atoms with van der Waals surface area (Å²) in [5, 5.41) is 3.11. The molecule has 0 atom stereocenters. The van der Waals surface area contributed by atoms with Crippen LogP contribution in [0.4, 0.5) is 5.69 Å². The van der Waals surface area contributed by atoms with Crippen LogP contribution in [0, 0.1) is 0 Å². The van der Waals surface area contributed by atoms with Gasteiger partial charge in [0.2, 0.25) is 0 Å². The molecule has 3 rings (SSSR count). The first-order valence-corrected chi connectivity index (χ1v) is 10.4. The van der Waals surface area contributed by atoms with E-state index in [-0.39, 0.29) is 30.3 Å². The Kier molecular flexibility index (Phi) is 7.72. The molecule has 0 aromatic heterocycles. The quantitative estimate of drug-likeness (QED) is 0.537. The molecule has 1 aliphatic heterocycles. The van der Waals surface area contributed by atoms with Crippen molar-refractivity contribution in [2.75, 3.05) is 46.4 Å². The summed E-state index contributed by atoms with van der Waals surface area (Å²) in [5.41, 5.74) is 1.61. The Balaban J connectivity index is 2.01. The van der Waals surface area contributed by atoms with Crippen molar-refractivity contribution in [3.8, 4) is 17.2 Å². The molecule has 0 saturated heterocycles. The van der Waals surface area contributed by atoms with Gasteiger partial charge in [-0.3, -0.25) is 14.5 Å². The minimum Gasteiger partial charge on any atom is -0.497 e. The van der Waals surface area contributed by atoms with Gasteiger partial charge in [0.05, 0.1) is 45.2 Å². The highest BCUT2D eigenvalue weighted by molar-refractivity contribution is 6.36. The number of benzene rings is 2. The van der Waals surface area contributed by atoms with Crippen LogP contribution in [-0.4, -0.2) is 57.8 Å². The molecule has 0 fully saturated rings. The number of rotatable bonds is 11. The van der Waals surface area contributed by atoms with Gasteiger partial charge in [0.1, 0.15) is 22.9 Å². The van der Waals surface area contributed by atoms with Crippen molar-refractivity contribution in [3.05, 3.63) is 53.7 Å². The van der Waals surface area contributed by atoms with Crippen LogP contribution < -0.4 is 19.5 Å². The molecule has 0 aliphatic carbocycles. The molecule has 0 bridgehead atoms. The van der Waals surface area contributed by atoms with Crippen molar-refractivity contribution in [2.24, 2.45) is 0 Å². The molecule has 2 amide bonds. The predicted molar refractivity (Wildman–Crippen MR) is 121 cm³/mol. The number of hydrogen-bond acceptors (Lipinski definition) is 7. The number of ether oxygens (including phenoxy) is 4. The molecule has 2 aromatic rings. The lowest BCUT2D eigenvalue weighted by molar-refractivity contribution is -0.137. The van der Waals surface area contributed by atoms with Crippen LogP contribution in [0.5, 0.6) is 17.2 Å². The second-order valence-corrected chi connectivity index (χ2v) is 7.07. The second-order valence-electron chi connectivity index (χ2n) is 7.07. The van der Waals surface area contributed by atoms with Crippen LogP contribution in [-0.2, 0) is 14.3 Å². The molecule has 1 N–H and O–H groups in total. The van der Waals surface area contributed by atoms with E-state index >= 15 is 0 Å². The Morgan fingerprint density at radius 1 is 0.875 bits per heavy atom. The normalized spacial score (nSPS) is 13.6. The molecule has 0 spiro atoms. The molecule has 8 nitrogen and oxygen atoms in total. The minimum absolute atomic E-state index is 0.153. The van der Waals surface area contributed by atoms with Gasteiger partial charge in [-0.2, -0.15) is 0 Å². The van der Waals surface area contributed by atoms with Crippen LogP contribution in [0.1, 0.15) is 18.9 Å². The first-order valence-electron chi connectivity index (χ1n) is 10.4. The number of carbonyl (C=O) groups excluding carboxylic acids is 2. The van der Waals surface area contributed by atoms with Crippen molar-refractivity contribution in [1.82, 2.24) is 4.90 Å². The Morgan fingerprint density at radius 2 is 1.59 bits per heavy atom. The molecule has 0 radical (unpaired) electrons. The number of methoxy groups -OCH3 is 3. The molecule has 1 aliphatic rings. The van der Waals surface area contributed by atoms with Crippen LogP contribution in [0.15, 0.2) is 48.2 Å². The Labute approximate surface area is 187 Å². The van der Waals surface area contributed by atoms with Gasteiger partial charge < -0.3 is 24.3 Å². The van der Waals surface area contributed by atoms with Gasteiger partial charge in [-0.15, -0.1) is 0 Å². The maximum absolute atomic E-state index is 13.2. The van der Waals surface area contributed by atoms with Gasteiger partial charge in [0.15, 0.2) is 0 Å². The van der Waals surface area contributed by atoms with E-state index in [1.807, 2.05) is 6.92 Å². The van der Waals surface area contributed by atoms with E-state index in [2.05, 4.69) is 5.32 Å². The zero-order valence-corrected chi connectivity index (χ0v) is 18.8. The van der Waals surface area contributed by atoms with Crippen molar-refractivity contribution < 1.29 is 28.5 Å². The number of amides is 2. The topological polar surface area (TPSA) is 86.3 Å². The summed E-state index contributed by atoms with van der Waals surface area (Å²) >= 11 is 0. The van der Waals surface area contributed by atoms with E-state index in [9.17, 15) is 9.59 Å². The molecule has 170 valence electrons. The minimum atomic E-state index is -0.425. The van der Waals surface area contributed by atoms with E-state index < -0.39 is 5.91 Å². The lowest BCUT2D eigenvalue weighted by atomic mass is 10.0. The number of carbonyl (C=O) groups is 2. The maximum Gasteiger partial charge on any atom is 0.278 e. The summed E-state index contributed by atoms with van der Waals surface area (Å²) in [6.45, 7) is 3.03. The maximum atomic E-state index is 13.2. The van der Waals surface area contributed by atoms with E-state index in [4.69, 9.17) is 18.9 Å². The van der Waals surface area contributed by atoms with Crippen LogP contribution in [0.2, 0.25) is 0 Å². The smallest absolute Gasteiger partial charge is 0.278 e. The van der Waals surface area contributed by atoms with Crippen molar-refractivity contribution in [1.29, 1.82) is 0 Å². The number of imide groups is 1. The Morgan fingerprint density at radius 3 is 2.22 bits per heavy atom. The first-order chi connectivity index (χ1) is 15.5. The number of anilines is 1. The largest absolute Gasteiger partial charge is 0.497 e. The van der Waals surface area contributed by atoms with Gasteiger partial charge in [-0.25, -0.2) is 0 Å². The molecule has 32 heavy (non-hydrogen) atoms. The third kappa shape index (κ3) is 4.86. The molecule has 1 heterocycles. The van der Waals surface area contributed by atoms with Gasteiger partial charge in [0, 0.05) is 13.2 Å². The zero-order chi connectivity index (χ0) is 23.1. The summed E-state index contributed by atoms with van der Waals surface area (Å²) in [6.07, 6.45) is 0.895. The number of hydrogen-bond donors (Lipinski definition) is 1. The Hall–Kier alpha value is -3.52. The van der Waals surface area contributed by atoms with Crippen LogP contribution in [0.3, 0.4) is 0 Å². The standard InChI is InChI=1S/C24H28N2O6/c1-5-13-32-17-8-6-16(7-9-17)21-22(24(28)26(23(21)27)12-14-29-2)25-19-11-10-18(30-3)15-20(19)31-4/h6-11,15,25H,5,12-14H2,1-4H3. The van der Waals surface area contributed by atoms with E-state index in [1.165, 1.54) is 19.1 Å². The van der Waals surface area contributed by atoms with Gasteiger partial charge in [-0.1, -0.05) is 19.1 Å². The predicted octanol–water partition coefficient (Wildman–Crippen LogP) is 3.33. The van der Waals surface area contributed by atoms with Gasteiger partial charge in [0.25, 0.3) is 11.8 Å². The zero-order valence-electron chi connectivity index (χ0n) is 18.8. The summed E-state index contributed by atoms with van der Waals surface area (Å²) in [4.78, 5) is 27.6. The number of nitrogens with zero attached hydrogens (tertiary/aromatic N) is 1. The summed E-state index contributed by atoms with van der Waals surface area (Å²) in [5.74, 6) is 0.987. The summed E-state index contributed by atoms with van der Waals surface area (Å²) in [7, 11) is 4.61. The first kappa shape index (κ1) is 23.1. The fourth-order valence-corrected chi connectivity index (χ4v) is 3.32. The molecular weight excluding hydrogens is 412 g/mol. The molecule has 2 aromatic carbocycles. The SMILES string of the molecule is CCCOc1ccc(C2=C(Nc3ccc(OC)cc3OC)C(=O)N(CCOC)C2=O)cc1. The number of nitrogens with one attached hydrogen (secondary N) is 1. The van der Waals surface area contributed by atoms with Gasteiger partial charge in [-0.05, 0) is 36.2 Å². The van der Waals surface area contributed by atoms with Crippen molar-refractivity contribution in [3.63, 3.8) is 0 Å². The van der Waals surface area contributed by atoms with Gasteiger partial charge >= 0.3 is 0 Å². The molecule has 0 unspecified atom stereocenters. The average Bonchev–Trinajstić information content (AvgIpc) is 3.05. The molecule has 0 saturated carbocycles. The third-order valence-corrected chi connectivity index (χ3v) is 4.97. The lowest BCUT2D eigenvalue weighted by Gasteiger charge is -2.15. The summed E-state index contributed by atoms with van der Waals surface area (Å²) < 4.78 is 21.4. The molecule has 8 heteroatoms. The van der Waals surface area contributed by atoms with Crippen LogP contribution in [0.25, 0.3) is 5.57 Å². The van der Waals surface area contributed by atoms with Crippen molar-refractivity contribution >= 4 is 23.1 Å². The highest BCUT2D eigenvalue weighted by Crippen LogP contribution is 2.35.